The zero-order chi connectivity index (χ0) is 20.3. The molecule has 4 N–H and O–H groups in total. The van der Waals surface area contributed by atoms with Crippen molar-refractivity contribution in [1.82, 2.24) is 25.2 Å². The molecule has 0 radical (unpaired) electrons. The van der Waals surface area contributed by atoms with Gasteiger partial charge in [-0.2, -0.15) is 5.10 Å². The maximum atomic E-state index is 13.2. The molecule has 3 heterocycles. The molecule has 9 heteroatoms. The van der Waals surface area contributed by atoms with Gasteiger partial charge in [-0.05, 0) is 45.6 Å². The number of aliphatic hydroxyl groups excluding tert-OH is 1. The summed E-state index contributed by atoms with van der Waals surface area (Å²) in [4.78, 5) is 17.4. The summed E-state index contributed by atoms with van der Waals surface area (Å²) >= 11 is 0. The highest BCUT2D eigenvalue weighted by atomic mass is 16.5. The van der Waals surface area contributed by atoms with Gasteiger partial charge in [0.05, 0.1) is 17.0 Å². The number of fused-ring (bicyclic) bond motifs is 1. The lowest BCUT2D eigenvalue weighted by molar-refractivity contribution is 0.0562. The first-order valence-electron chi connectivity index (χ1n) is 10.1. The largest absolute Gasteiger partial charge is 0.393 e. The van der Waals surface area contributed by atoms with Crippen LogP contribution in [0.2, 0.25) is 0 Å². The van der Waals surface area contributed by atoms with E-state index in [0.717, 1.165) is 18.4 Å². The van der Waals surface area contributed by atoms with Crippen molar-refractivity contribution in [3.8, 4) is 11.4 Å². The Morgan fingerprint density at radius 1 is 1.34 bits per heavy atom. The van der Waals surface area contributed by atoms with E-state index in [9.17, 15) is 9.90 Å². The second-order valence-corrected chi connectivity index (χ2v) is 8.32. The Morgan fingerprint density at radius 2 is 2.10 bits per heavy atom. The summed E-state index contributed by atoms with van der Waals surface area (Å²) in [6.07, 6.45) is 4.38. The fourth-order valence-corrected chi connectivity index (χ4v) is 3.94. The molecule has 0 aliphatic heterocycles. The Bertz CT molecular complexity index is 1090. The number of hydrogen-bond acceptors (Lipinski definition) is 7. The van der Waals surface area contributed by atoms with Crippen LogP contribution in [-0.4, -0.2) is 43.1 Å². The quantitative estimate of drug-likeness (QED) is 0.603. The van der Waals surface area contributed by atoms with Crippen LogP contribution in [0.15, 0.2) is 16.8 Å². The normalized spacial score (nSPS) is 21.5. The highest BCUT2D eigenvalue weighted by Gasteiger charge is 2.38. The zero-order valence-electron chi connectivity index (χ0n) is 16.4. The third-order valence-electron chi connectivity index (χ3n) is 5.71. The molecule has 5 rings (SSSR count). The van der Waals surface area contributed by atoms with E-state index in [2.05, 4.69) is 15.5 Å². The maximum absolute atomic E-state index is 13.2. The highest BCUT2D eigenvalue weighted by molar-refractivity contribution is 6.06. The molecular formula is C20H24N6O3. The van der Waals surface area contributed by atoms with Crippen LogP contribution in [0.1, 0.15) is 67.6 Å². The Kier molecular flexibility index (Phi) is 4.09. The van der Waals surface area contributed by atoms with Crippen molar-refractivity contribution >= 4 is 22.6 Å². The van der Waals surface area contributed by atoms with Crippen LogP contribution in [-0.2, 0) is 0 Å². The van der Waals surface area contributed by atoms with Crippen LogP contribution in [0, 0.1) is 0 Å². The summed E-state index contributed by atoms with van der Waals surface area (Å²) < 4.78 is 7.50. The molecule has 0 spiro atoms. The topological polar surface area (TPSA) is 132 Å². The van der Waals surface area contributed by atoms with Gasteiger partial charge in [0.25, 0.3) is 5.91 Å². The molecule has 29 heavy (non-hydrogen) atoms. The summed E-state index contributed by atoms with van der Waals surface area (Å²) in [5.74, 6) is 0.911. The number of amides is 1. The van der Waals surface area contributed by atoms with E-state index < -0.39 is 0 Å². The van der Waals surface area contributed by atoms with Gasteiger partial charge in [-0.3, -0.25) is 9.48 Å². The van der Waals surface area contributed by atoms with E-state index in [0.29, 0.717) is 46.8 Å². The lowest BCUT2D eigenvalue weighted by Gasteiger charge is -2.31. The first kappa shape index (κ1) is 18.1. The van der Waals surface area contributed by atoms with Crippen LogP contribution in [0.5, 0.6) is 0 Å². The lowest BCUT2D eigenvalue weighted by atomic mass is 9.89. The van der Waals surface area contributed by atoms with E-state index in [4.69, 9.17) is 15.4 Å². The number of pyridine rings is 1. The number of carbonyl (C=O) groups excluding carboxylic acids is 1. The molecular weight excluding hydrogens is 372 g/mol. The molecule has 2 aliphatic carbocycles. The molecule has 152 valence electrons. The first-order chi connectivity index (χ1) is 13.9. The van der Waals surface area contributed by atoms with Gasteiger partial charge in [0.1, 0.15) is 22.8 Å². The standard InChI is InChI=1S/C20H24N6O3/c1-9(2)26-13-5-6-22-19(21)14(13)16(24-26)17-15(18(29-25-17)10-3-4-10)20(28)23-11-7-12(27)8-11/h5-6,9-12,27H,3-4,7-8H2,1-2H3,(H2,21,22)(H,23,28)/t11-,12+. The molecule has 2 fully saturated rings. The van der Waals surface area contributed by atoms with Gasteiger partial charge in [0.2, 0.25) is 0 Å². The van der Waals surface area contributed by atoms with E-state index in [1.54, 1.807) is 6.20 Å². The van der Waals surface area contributed by atoms with Crippen molar-refractivity contribution in [2.24, 2.45) is 0 Å². The molecule has 9 nitrogen and oxygen atoms in total. The van der Waals surface area contributed by atoms with Crippen molar-refractivity contribution < 1.29 is 14.4 Å². The monoisotopic (exact) mass is 396 g/mol. The van der Waals surface area contributed by atoms with Crippen molar-refractivity contribution in [2.75, 3.05) is 5.73 Å². The molecule has 3 aromatic rings. The van der Waals surface area contributed by atoms with E-state index in [-0.39, 0.29) is 30.0 Å². The third kappa shape index (κ3) is 2.96. The minimum atomic E-state index is -0.346. The minimum Gasteiger partial charge on any atom is -0.393 e. The molecule has 3 aromatic heterocycles. The lowest BCUT2D eigenvalue weighted by Crippen LogP contribution is -2.46. The van der Waals surface area contributed by atoms with Crippen LogP contribution in [0.4, 0.5) is 5.82 Å². The summed E-state index contributed by atoms with van der Waals surface area (Å²) in [7, 11) is 0. The number of nitrogens with zero attached hydrogens (tertiary/aromatic N) is 4. The van der Waals surface area contributed by atoms with Crippen molar-refractivity contribution in [3.05, 3.63) is 23.6 Å². The number of nitrogens with one attached hydrogen (secondary N) is 1. The highest BCUT2D eigenvalue weighted by Crippen LogP contribution is 2.45. The van der Waals surface area contributed by atoms with E-state index >= 15 is 0 Å². The minimum absolute atomic E-state index is 0.0380. The van der Waals surface area contributed by atoms with Crippen LogP contribution in [0.3, 0.4) is 0 Å². The number of anilines is 1. The first-order valence-corrected chi connectivity index (χ1v) is 10.1. The Labute approximate surface area is 167 Å². The van der Waals surface area contributed by atoms with Crippen LogP contribution >= 0.6 is 0 Å². The average Bonchev–Trinajstić information content (AvgIpc) is 3.27. The second-order valence-electron chi connectivity index (χ2n) is 8.32. The third-order valence-corrected chi connectivity index (χ3v) is 5.71. The number of nitrogen functional groups attached to an aromatic ring is 1. The molecule has 0 aromatic carbocycles. The predicted molar refractivity (Wildman–Crippen MR) is 106 cm³/mol. The number of aromatic nitrogens is 4. The predicted octanol–water partition coefficient (Wildman–Crippen LogP) is 2.38. The number of hydrogen-bond donors (Lipinski definition) is 3. The molecule has 0 unspecified atom stereocenters. The van der Waals surface area contributed by atoms with Gasteiger partial charge in [-0.1, -0.05) is 5.16 Å². The number of nitrogens with two attached hydrogens (primary N) is 1. The van der Waals surface area contributed by atoms with Gasteiger partial charge < -0.3 is 20.7 Å². The maximum Gasteiger partial charge on any atom is 0.257 e. The number of rotatable bonds is 5. The molecule has 2 saturated carbocycles. The molecule has 0 bridgehead atoms. The average molecular weight is 396 g/mol. The van der Waals surface area contributed by atoms with E-state index in [1.807, 2.05) is 24.6 Å². The van der Waals surface area contributed by atoms with Crippen LogP contribution < -0.4 is 11.1 Å². The van der Waals surface area contributed by atoms with Gasteiger partial charge in [-0.25, -0.2) is 4.98 Å². The fraction of sp³-hybridized carbons (Fsp3) is 0.500. The molecule has 0 saturated heterocycles. The van der Waals surface area contributed by atoms with Gasteiger partial charge in [-0.15, -0.1) is 0 Å². The Hall–Kier alpha value is -2.94. The SMILES string of the molecule is CC(C)n1nc(-c2noc(C3CC3)c2C(=O)N[C@H]2C[C@@H](O)C2)c2c(N)nccc21. The number of aliphatic hydroxyl groups is 1. The summed E-state index contributed by atoms with van der Waals surface area (Å²) in [5, 5.41) is 22.2. The summed E-state index contributed by atoms with van der Waals surface area (Å²) in [6, 6.07) is 1.92. The van der Waals surface area contributed by atoms with Crippen molar-refractivity contribution in [1.29, 1.82) is 0 Å². The zero-order valence-corrected chi connectivity index (χ0v) is 16.4. The molecule has 1 amide bonds. The van der Waals surface area contributed by atoms with Gasteiger partial charge in [0, 0.05) is 24.2 Å². The molecule has 0 atom stereocenters. The van der Waals surface area contributed by atoms with Gasteiger partial charge in [0.15, 0.2) is 5.76 Å². The molecule has 2 aliphatic rings. The van der Waals surface area contributed by atoms with Crippen molar-refractivity contribution in [3.63, 3.8) is 0 Å². The Balaban J connectivity index is 1.64. The van der Waals surface area contributed by atoms with Gasteiger partial charge >= 0.3 is 0 Å². The van der Waals surface area contributed by atoms with Crippen LogP contribution in [0.25, 0.3) is 22.3 Å². The van der Waals surface area contributed by atoms with Crippen molar-refractivity contribution in [2.45, 2.75) is 63.6 Å². The second kappa shape index (κ2) is 6.55. The smallest absolute Gasteiger partial charge is 0.257 e. The number of carbonyl (C=O) groups is 1. The summed E-state index contributed by atoms with van der Waals surface area (Å²) in [6.45, 7) is 4.06. The fourth-order valence-electron chi connectivity index (χ4n) is 3.94. The summed E-state index contributed by atoms with van der Waals surface area (Å²) in [5.41, 5.74) is 8.36. The van der Waals surface area contributed by atoms with E-state index in [1.165, 1.54) is 0 Å². The Morgan fingerprint density at radius 3 is 2.76 bits per heavy atom.